The number of carbonyl (C=O) groups excluding carboxylic acids is 3. The molecule has 0 radical (unpaired) electrons. The molecule has 12 heteroatoms. The normalized spacial score (nSPS) is 17.4. The van der Waals surface area contributed by atoms with Crippen LogP contribution in [0.4, 0.5) is 0 Å². The number of nitrogens with zero attached hydrogens (tertiary/aromatic N) is 1. The van der Waals surface area contributed by atoms with Crippen molar-refractivity contribution >= 4 is 34.9 Å². The third kappa shape index (κ3) is 6.56. The Labute approximate surface area is 241 Å². The van der Waals surface area contributed by atoms with E-state index in [4.69, 9.17) is 25.4 Å². The van der Waals surface area contributed by atoms with Gasteiger partial charge in [0.25, 0.3) is 5.91 Å². The van der Waals surface area contributed by atoms with Gasteiger partial charge in [-0.05, 0) is 48.9 Å². The SMILES string of the molecule is Cc1cc(C(=O)NCC(=O)N2CC3(CC2C(=O)NCc2cc(C(=N)N)cs2)OCCO3)ccc1Oc1ccccc1. The quantitative estimate of drug-likeness (QED) is 0.225. The standard InChI is InChI=1S/C29H31N5O6S/c1-18-11-19(7-8-24(18)40-21-5-3-2-4-6-21)27(36)33-15-25(35)34-17-29(38-9-10-39-29)13-23(34)28(37)32-14-22-12-20(16-41-22)26(30)31/h2-8,11-12,16,23H,9-10,13-15,17H2,1H3,(H3,30,31)(H,32,37)(H,33,36). The fraction of sp³-hybridized carbons (Fsp3) is 0.310. The average Bonchev–Trinajstić information content (AvgIpc) is 3.72. The number of para-hydroxylation sites is 1. The van der Waals surface area contributed by atoms with Crippen molar-refractivity contribution in [1.29, 1.82) is 5.41 Å². The van der Waals surface area contributed by atoms with Crippen LogP contribution >= 0.6 is 11.3 Å². The van der Waals surface area contributed by atoms with E-state index in [1.165, 1.54) is 16.2 Å². The molecule has 3 heterocycles. The maximum Gasteiger partial charge on any atom is 0.251 e. The van der Waals surface area contributed by atoms with Crippen LogP contribution < -0.4 is 21.1 Å². The Balaban J connectivity index is 1.20. The third-order valence-electron chi connectivity index (χ3n) is 6.94. The number of nitrogen functional groups attached to an aromatic ring is 1. The van der Waals surface area contributed by atoms with Gasteiger partial charge in [-0.2, -0.15) is 0 Å². The van der Waals surface area contributed by atoms with E-state index in [1.807, 2.05) is 37.3 Å². The number of benzene rings is 2. The van der Waals surface area contributed by atoms with Crippen LogP contribution in [0.2, 0.25) is 0 Å². The highest BCUT2D eigenvalue weighted by Crippen LogP contribution is 2.35. The van der Waals surface area contributed by atoms with Crippen LogP contribution in [0.25, 0.3) is 0 Å². The number of nitrogens with two attached hydrogens (primary N) is 1. The topological polar surface area (TPSA) is 156 Å². The van der Waals surface area contributed by atoms with E-state index < -0.39 is 23.6 Å². The largest absolute Gasteiger partial charge is 0.457 e. The minimum absolute atomic E-state index is 0.0440. The maximum atomic E-state index is 13.3. The summed E-state index contributed by atoms with van der Waals surface area (Å²) in [7, 11) is 0. The van der Waals surface area contributed by atoms with Crippen molar-refractivity contribution in [2.45, 2.75) is 31.7 Å². The number of amidine groups is 1. The van der Waals surface area contributed by atoms with E-state index in [1.54, 1.807) is 29.6 Å². The summed E-state index contributed by atoms with van der Waals surface area (Å²) in [6.45, 7) is 2.60. The van der Waals surface area contributed by atoms with E-state index in [-0.39, 0.29) is 37.8 Å². The van der Waals surface area contributed by atoms with Crippen molar-refractivity contribution in [1.82, 2.24) is 15.5 Å². The second-order valence-corrected chi connectivity index (χ2v) is 10.9. The molecule has 3 amide bonds. The highest BCUT2D eigenvalue weighted by Gasteiger charge is 2.52. The zero-order valence-electron chi connectivity index (χ0n) is 22.5. The van der Waals surface area contributed by atoms with Crippen molar-refractivity contribution < 1.29 is 28.6 Å². The molecule has 11 nitrogen and oxygen atoms in total. The van der Waals surface area contributed by atoms with Gasteiger partial charge in [-0.15, -0.1) is 11.3 Å². The Morgan fingerprint density at radius 3 is 2.54 bits per heavy atom. The van der Waals surface area contributed by atoms with Crippen molar-refractivity contribution in [3.8, 4) is 11.5 Å². The minimum atomic E-state index is -1.04. The zero-order valence-corrected chi connectivity index (χ0v) is 23.3. The van der Waals surface area contributed by atoms with Gasteiger partial charge in [0.15, 0.2) is 5.79 Å². The lowest BCUT2D eigenvalue weighted by molar-refractivity contribution is -0.152. The predicted octanol–water partition coefficient (Wildman–Crippen LogP) is 2.52. The molecule has 2 saturated heterocycles. The van der Waals surface area contributed by atoms with Crippen molar-refractivity contribution in [3.05, 3.63) is 81.5 Å². The summed E-state index contributed by atoms with van der Waals surface area (Å²) in [6.07, 6.45) is 0.184. The van der Waals surface area contributed by atoms with Crippen LogP contribution in [-0.4, -0.2) is 66.6 Å². The van der Waals surface area contributed by atoms with Crippen LogP contribution in [0.3, 0.4) is 0 Å². The molecule has 1 aromatic heterocycles. The lowest BCUT2D eigenvalue weighted by atomic mass is 10.1. The molecule has 0 aliphatic carbocycles. The van der Waals surface area contributed by atoms with Crippen LogP contribution in [0.15, 0.2) is 60.0 Å². The van der Waals surface area contributed by atoms with Crippen molar-refractivity contribution in [2.24, 2.45) is 5.73 Å². The van der Waals surface area contributed by atoms with Gasteiger partial charge in [-0.3, -0.25) is 19.8 Å². The van der Waals surface area contributed by atoms with Gasteiger partial charge in [-0.1, -0.05) is 18.2 Å². The van der Waals surface area contributed by atoms with E-state index in [2.05, 4.69) is 10.6 Å². The lowest BCUT2D eigenvalue weighted by Gasteiger charge is -2.24. The van der Waals surface area contributed by atoms with E-state index in [0.717, 1.165) is 10.4 Å². The number of aryl methyl sites for hydroxylation is 1. The number of ether oxygens (including phenoxy) is 3. The highest BCUT2D eigenvalue weighted by molar-refractivity contribution is 7.10. The Hall–Kier alpha value is -4.26. The van der Waals surface area contributed by atoms with E-state index in [0.29, 0.717) is 35.8 Å². The number of carbonyl (C=O) groups is 3. The molecule has 0 bridgehead atoms. The Kier molecular flexibility index (Phi) is 8.34. The molecular formula is C29H31N5O6S. The minimum Gasteiger partial charge on any atom is -0.457 e. The Morgan fingerprint density at radius 1 is 1.10 bits per heavy atom. The monoisotopic (exact) mass is 577 g/mol. The number of nitrogens with one attached hydrogen (secondary N) is 3. The van der Waals surface area contributed by atoms with E-state index in [9.17, 15) is 14.4 Å². The fourth-order valence-electron chi connectivity index (χ4n) is 4.83. The van der Waals surface area contributed by atoms with E-state index >= 15 is 0 Å². The van der Waals surface area contributed by atoms with Crippen LogP contribution in [0.1, 0.15) is 32.8 Å². The van der Waals surface area contributed by atoms with Gasteiger partial charge in [0, 0.05) is 27.8 Å². The van der Waals surface area contributed by atoms with Crippen molar-refractivity contribution in [2.75, 3.05) is 26.3 Å². The molecule has 5 N–H and O–H groups in total. The summed E-state index contributed by atoms with van der Waals surface area (Å²) in [4.78, 5) is 41.6. The molecule has 1 spiro atoms. The second-order valence-electron chi connectivity index (χ2n) is 9.86. The summed E-state index contributed by atoms with van der Waals surface area (Å²) < 4.78 is 17.5. The molecule has 2 aliphatic rings. The van der Waals surface area contributed by atoms with Gasteiger partial charge in [0.05, 0.1) is 32.8 Å². The number of thiophene rings is 1. The summed E-state index contributed by atoms with van der Waals surface area (Å²) in [5.74, 6) is -0.984. The van der Waals surface area contributed by atoms with Crippen LogP contribution in [0.5, 0.6) is 11.5 Å². The molecule has 3 aromatic rings. The number of amides is 3. The fourth-order valence-corrected chi connectivity index (χ4v) is 5.65. The molecule has 2 fully saturated rings. The first-order valence-electron chi connectivity index (χ1n) is 13.1. The maximum absolute atomic E-state index is 13.3. The zero-order chi connectivity index (χ0) is 29.0. The van der Waals surface area contributed by atoms with Crippen molar-refractivity contribution in [3.63, 3.8) is 0 Å². The van der Waals surface area contributed by atoms with Crippen LogP contribution in [-0.2, 0) is 25.6 Å². The predicted molar refractivity (Wildman–Crippen MR) is 152 cm³/mol. The Bertz CT molecular complexity index is 1450. The van der Waals surface area contributed by atoms with Gasteiger partial charge in [0.2, 0.25) is 11.8 Å². The molecule has 1 atom stereocenters. The molecule has 214 valence electrons. The smallest absolute Gasteiger partial charge is 0.251 e. The Morgan fingerprint density at radius 2 is 1.85 bits per heavy atom. The molecule has 2 aliphatic heterocycles. The summed E-state index contributed by atoms with van der Waals surface area (Å²) in [5.41, 5.74) is 7.26. The average molecular weight is 578 g/mol. The molecule has 1 unspecified atom stereocenters. The first kappa shape index (κ1) is 28.3. The lowest BCUT2D eigenvalue weighted by Crippen LogP contribution is -2.49. The molecule has 5 rings (SSSR count). The molecule has 2 aromatic carbocycles. The molecular weight excluding hydrogens is 546 g/mol. The van der Waals surface area contributed by atoms with Gasteiger partial charge < -0.3 is 35.5 Å². The van der Waals surface area contributed by atoms with Gasteiger partial charge >= 0.3 is 0 Å². The van der Waals surface area contributed by atoms with Gasteiger partial charge in [0.1, 0.15) is 23.4 Å². The first-order valence-corrected chi connectivity index (χ1v) is 14.0. The number of hydrogen-bond acceptors (Lipinski definition) is 8. The number of likely N-dealkylation sites (tertiary alicyclic amines) is 1. The summed E-state index contributed by atoms with van der Waals surface area (Å²) in [5, 5.41) is 14.8. The molecule has 41 heavy (non-hydrogen) atoms. The third-order valence-corrected chi connectivity index (χ3v) is 7.88. The summed E-state index contributed by atoms with van der Waals surface area (Å²) in [6, 6.07) is 15.3. The number of rotatable bonds is 9. The van der Waals surface area contributed by atoms with Gasteiger partial charge in [-0.25, -0.2) is 0 Å². The summed E-state index contributed by atoms with van der Waals surface area (Å²) >= 11 is 1.38. The first-order chi connectivity index (χ1) is 19.7. The van der Waals surface area contributed by atoms with Crippen LogP contribution in [0, 0.1) is 12.3 Å². The highest BCUT2D eigenvalue weighted by atomic mass is 32.1. The second kappa shape index (κ2) is 12.1. The molecule has 0 saturated carbocycles. The number of hydrogen-bond donors (Lipinski definition) is 4.